The van der Waals surface area contributed by atoms with Crippen molar-refractivity contribution >= 4 is 12.1 Å². The van der Waals surface area contributed by atoms with Crippen molar-refractivity contribution in [3.63, 3.8) is 0 Å². The summed E-state index contributed by atoms with van der Waals surface area (Å²) in [7, 11) is 1.44. The molecule has 0 heterocycles. The number of hydrogen-bond donors (Lipinski definition) is 1. The van der Waals surface area contributed by atoms with E-state index in [-0.39, 0.29) is 29.9 Å². The predicted molar refractivity (Wildman–Crippen MR) is 97.5 cm³/mol. The van der Waals surface area contributed by atoms with Crippen LogP contribution in [0.3, 0.4) is 0 Å². The highest BCUT2D eigenvalue weighted by molar-refractivity contribution is 5.48. The highest BCUT2D eigenvalue weighted by Gasteiger charge is 2.25. The van der Waals surface area contributed by atoms with Crippen molar-refractivity contribution < 1.29 is 31.3 Å². The van der Waals surface area contributed by atoms with Crippen LogP contribution in [0.25, 0.3) is 0 Å². The third kappa shape index (κ3) is 6.80. The van der Waals surface area contributed by atoms with Gasteiger partial charge in [-0.3, -0.25) is 14.9 Å². The fourth-order valence-electron chi connectivity index (χ4n) is 3.14. The topological polar surface area (TPSA) is 81.5 Å². The number of halogens is 1. The second-order valence-corrected chi connectivity index (χ2v) is 6.45. The van der Waals surface area contributed by atoms with E-state index >= 15 is 0 Å². The Morgan fingerprint density at radius 2 is 2.00 bits per heavy atom. The van der Waals surface area contributed by atoms with E-state index in [2.05, 4.69) is 19.2 Å². The van der Waals surface area contributed by atoms with Crippen LogP contribution in [0, 0.1) is 10.1 Å². The summed E-state index contributed by atoms with van der Waals surface area (Å²) in [6, 6.07) is 5.35. The molecule has 0 spiro atoms. The Bertz CT molecular complexity index is 580. The number of hydrogen-bond acceptors (Lipinski definition) is 4. The Balaban J connectivity index is 0.00000625. The average molecular weight is 388 g/mol. The number of carbonyl (C=O) groups excluding carboxylic acids is 1. The SMILES string of the molecule is CC[N+](CC)(CCCC(C)NC=O)Cc1ccc(OC)c([N+](=O)[O-])c1.[Cl-]. The van der Waals surface area contributed by atoms with Gasteiger partial charge in [-0.25, -0.2) is 0 Å². The van der Waals surface area contributed by atoms with Gasteiger partial charge in [0.05, 0.1) is 31.7 Å². The van der Waals surface area contributed by atoms with Gasteiger partial charge in [0.15, 0.2) is 5.75 Å². The van der Waals surface area contributed by atoms with Crippen LogP contribution < -0.4 is 22.5 Å². The number of methoxy groups -OCH3 is 1. The molecule has 0 saturated heterocycles. The van der Waals surface area contributed by atoms with Gasteiger partial charge in [-0.2, -0.15) is 0 Å². The summed E-state index contributed by atoms with van der Waals surface area (Å²) in [6.07, 6.45) is 2.65. The molecule has 0 radical (unpaired) electrons. The van der Waals surface area contributed by atoms with E-state index in [9.17, 15) is 14.9 Å². The molecule has 1 atom stereocenters. The molecule has 1 aromatic carbocycles. The number of nitrogens with zero attached hydrogens (tertiary/aromatic N) is 2. The van der Waals surface area contributed by atoms with Gasteiger partial charge in [0.2, 0.25) is 6.41 Å². The fourth-order valence-corrected chi connectivity index (χ4v) is 3.14. The van der Waals surface area contributed by atoms with Crippen LogP contribution in [-0.4, -0.2) is 48.6 Å². The van der Waals surface area contributed by atoms with Crippen LogP contribution in [-0.2, 0) is 11.3 Å². The van der Waals surface area contributed by atoms with Gasteiger partial charge in [-0.15, -0.1) is 0 Å². The van der Waals surface area contributed by atoms with Gasteiger partial charge in [0, 0.05) is 17.7 Å². The first-order chi connectivity index (χ1) is 11.9. The molecular formula is C18H30ClN3O4. The Morgan fingerprint density at radius 3 is 2.50 bits per heavy atom. The summed E-state index contributed by atoms with van der Waals surface area (Å²) in [6.45, 7) is 9.90. The Labute approximate surface area is 161 Å². The average Bonchev–Trinajstić information content (AvgIpc) is 2.60. The third-order valence-corrected chi connectivity index (χ3v) is 4.92. The summed E-state index contributed by atoms with van der Waals surface area (Å²) >= 11 is 0. The molecule has 1 rings (SSSR count). The normalized spacial score (nSPS) is 12.0. The second-order valence-electron chi connectivity index (χ2n) is 6.45. The van der Waals surface area contributed by atoms with Crippen molar-refractivity contribution in [1.29, 1.82) is 0 Å². The summed E-state index contributed by atoms with van der Waals surface area (Å²) in [5.74, 6) is 0.286. The summed E-state index contributed by atoms with van der Waals surface area (Å²) < 4.78 is 5.93. The molecule has 1 N–H and O–H groups in total. The van der Waals surface area contributed by atoms with Crippen molar-refractivity contribution in [2.45, 2.75) is 46.2 Å². The van der Waals surface area contributed by atoms with Gasteiger partial charge >= 0.3 is 5.69 Å². The standard InChI is InChI=1S/C18H29N3O4.ClH/c1-5-21(6-2,11-7-8-15(3)19-14-22)13-16-9-10-18(25-4)17(12-16)20(23)24;/h9-10,12,14-15H,5-8,11,13H2,1-4H3;1H. The minimum atomic E-state index is -0.401. The Kier molecular flexibility index (Phi) is 10.9. The molecule has 1 amide bonds. The van der Waals surface area contributed by atoms with E-state index in [0.29, 0.717) is 0 Å². The van der Waals surface area contributed by atoms with E-state index in [1.54, 1.807) is 12.1 Å². The zero-order chi connectivity index (χ0) is 18.9. The number of nitro groups is 1. The smallest absolute Gasteiger partial charge is 0.311 e. The quantitative estimate of drug-likeness (QED) is 0.234. The van der Waals surface area contributed by atoms with Gasteiger partial charge in [-0.1, -0.05) is 0 Å². The van der Waals surface area contributed by atoms with Crippen LogP contribution in [0.15, 0.2) is 18.2 Å². The fraction of sp³-hybridized carbons (Fsp3) is 0.611. The van der Waals surface area contributed by atoms with E-state index < -0.39 is 4.92 Å². The van der Waals surface area contributed by atoms with Crippen molar-refractivity contribution in [2.24, 2.45) is 0 Å². The minimum Gasteiger partial charge on any atom is -1.00 e. The molecule has 7 nitrogen and oxygen atoms in total. The summed E-state index contributed by atoms with van der Waals surface area (Å²) in [4.78, 5) is 21.3. The van der Waals surface area contributed by atoms with E-state index in [0.717, 1.165) is 55.5 Å². The number of nitro benzene ring substituents is 1. The maximum Gasteiger partial charge on any atom is 0.311 e. The van der Waals surface area contributed by atoms with E-state index in [1.807, 2.05) is 13.0 Å². The Hall–Kier alpha value is -1.86. The Morgan fingerprint density at radius 1 is 1.35 bits per heavy atom. The maximum atomic E-state index is 11.2. The zero-order valence-corrected chi connectivity index (χ0v) is 16.8. The van der Waals surface area contributed by atoms with Crippen molar-refractivity contribution in [2.75, 3.05) is 26.7 Å². The molecule has 1 aromatic rings. The molecule has 0 aliphatic carbocycles. The number of nitrogens with one attached hydrogen (secondary N) is 1. The molecular weight excluding hydrogens is 358 g/mol. The number of quaternary nitrogens is 1. The van der Waals surface area contributed by atoms with Crippen LogP contribution >= 0.6 is 0 Å². The first-order valence-corrected chi connectivity index (χ1v) is 8.77. The lowest BCUT2D eigenvalue weighted by Gasteiger charge is -2.37. The lowest BCUT2D eigenvalue weighted by Crippen LogP contribution is -3.00. The maximum absolute atomic E-state index is 11.2. The monoisotopic (exact) mass is 387 g/mol. The molecule has 0 aliphatic rings. The van der Waals surface area contributed by atoms with Crippen molar-refractivity contribution in [1.82, 2.24) is 5.32 Å². The molecule has 1 unspecified atom stereocenters. The highest BCUT2D eigenvalue weighted by Crippen LogP contribution is 2.29. The first-order valence-electron chi connectivity index (χ1n) is 8.77. The summed E-state index contributed by atoms with van der Waals surface area (Å²) in [5, 5.41) is 14.0. The molecule has 26 heavy (non-hydrogen) atoms. The number of carbonyl (C=O) groups is 1. The van der Waals surface area contributed by atoms with Gasteiger partial charge in [0.25, 0.3) is 0 Å². The molecule has 8 heteroatoms. The molecule has 0 bridgehead atoms. The summed E-state index contributed by atoms with van der Waals surface area (Å²) in [5.41, 5.74) is 0.948. The minimum absolute atomic E-state index is 0. The number of rotatable bonds is 12. The zero-order valence-electron chi connectivity index (χ0n) is 16.0. The second kappa shape index (κ2) is 11.7. The lowest BCUT2D eigenvalue weighted by atomic mass is 10.1. The molecule has 148 valence electrons. The van der Waals surface area contributed by atoms with Gasteiger partial charge in [-0.05, 0) is 45.7 Å². The van der Waals surface area contributed by atoms with Crippen molar-refractivity contribution in [3.8, 4) is 5.75 Å². The largest absolute Gasteiger partial charge is 1.00 e. The molecule has 0 aliphatic heterocycles. The lowest BCUT2D eigenvalue weighted by molar-refractivity contribution is -0.938. The van der Waals surface area contributed by atoms with Gasteiger partial charge < -0.3 is 26.9 Å². The highest BCUT2D eigenvalue weighted by atomic mass is 35.5. The van der Waals surface area contributed by atoms with Crippen LogP contribution in [0.1, 0.15) is 39.2 Å². The van der Waals surface area contributed by atoms with Crippen molar-refractivity contribution in [3.05, 3.63) is 33.9 Å². The van der Waals surface area contributed by atoms with Crippen LogP contribution in [0.4, 0.5) is 5.69 Å². The van der Waals surface area contributed by atoms with Crippen LogP contribution in [0.5, 0.6) is 5.75 Å². The predicted octanol–water partition coefficient (Wildman–Crippen LogP) is -0.121. The molecule has 0 saturated carbocycles. The van der Waals surface area contributed by atoms with E-state index in [4.69, 9.17) is 4.74 Å². The number of ether oxygens (including phenoxy) is 1. The third-order valence-electron chi connectivity index (χ3n) is 4.92. The number of benzene rings is 1. The van der Waals surface area contributed by atoms with Crippen LogP contribution in [0.2, 0.25) is 0 Å². The van der Waals surface area contributed by atoms with Gasteiger partial charge in [0.1, 0.15) is 6.54 Å². The first kappa shape index (κ1) is 24.1. The molecule has 0 aromatic heterocycles. The molecule has 0 fully saturated rings. The number of amides is 1. The van der Waals surface area contributed by atoms with E-state index in [1.165, 1.54) is 7.11 Å².